The second kappa shape index (κ2) is 11.5. The molecule has 5 rings (SSSR count). The van der Waals surface area contributed by atoms with Crippen molar-refractivity contribution >= 4 is 40.8 Å². The first kappa shape index (κ1) is 26.8. The van der Waals surface area contributed by atoms with Gasteiger partial charge in [0.1, 0.15) is 5.75 Å². The minimum absolute atomic E-state index is 0.0450. The van der Waals surface area contributed by atoms with E-state index in [4.69, 9.17) is 23.2 Å². The van der Waals surface area contributed by atoms with Gasteiger partial charge in [0.05, 0.1) is 21.4 Å². The van der Waals surface area contributed by atoms with Gasteiger partial charge in [0.25, 0.3) is 5.91 Å². The van der Waals surface area contributed by atoms with E-state index in [2.05, 4.69) is 15.7 Å². The number of hydrogen-bond donors (Lipinski definition) is 3. The van der Waals surface area contributed by atoms with Crippen molar-refractivity contribution in [2.75, 3.05) is 5.32 Å². The number of amides is 2. The van der Waals surface area contributed by atoms with E-state index in [9.17, 15) is 14.7 Å². The van der Waals surface area contributed by atoms with Crippen LogP contribution in [0.3, 0.4) is 0 Å². The van der Waals surface area contributed by atoms with Gasteiger partial charge in [0, 0.05) is 35.3 Å². The number of anilines is 1. The maximum absolute atomic E-state index is 13.2. The van der Waals surface area contributed by atoms with Crippen molar-refractivity contribution in [2.24, 2.45) is 0 Å². The van der Waals surface area contributed by atoms with Gasteiger partial charge < -0.3 is 15.7 Å². The molecule has 39 heavy (non-hydrogen) atoms. The number of halogens is 2. The number of nitrogens with one attached hydrogen (secondary N) is 2. The average molecular weight is 563 g/mol. The molecule has 3 aromatic carbocycles. The Morgan fingerprint density at radius 2 is 1.77 bits per heavy atom. The number of aromatic hydroxyl groups is 1. The fourth-order valence-corrected chi connectivity index (χ4v) is 5.28. The second-order valence-corrected chi connectivity index (χ2v) is 10.6. The number of carbonyl (C=O) groups excluding carboxylic acids is 2. The number of nitrogens with zero attached hydrogens (tertiary/aromatic N) is 2. The van der Waals surface area contributed by atoms with Crippen LogP contribution in [0, 0.1) is 6.92 Å². The minimum atomic E-state index is -0.365. The second-order valence-electron chi connectivity index (χ2n) is 9.76. The first-order valence-corrected chi connectivity index (χ1v) is 13.6. The van der Waals surface area contributed by atoms with Crippen LogP contribution < -0.4 is 10.6 Å². The van der Waals surface area contributed by atoms with Crippen molar-refractivity contribution in [1.29, 1.82) is 0 Å². The number of aromatic nitrogens is 2. The molecule has 0 atom stereocenters. The van der Waals surface area contributed by atoms with Gasteiger partial charge in [0.2, 0.25) is 0 Å². The Labute approximate surface area is 236 Å². The van der Waals surface area contributed by atoms with Crippen LogP contribution in [0.25, 0.3) is 11.3 Å². The average Bonchev–Trinajstić information content (AvgIpc) is 3.60. The van der Waals surface area contributed by atoms with Gasteiger partial charge in [-0.3, -0.25) is 4.79 Å². The molecule has 1 heterocycles. The zero-order valence-corrected chi connectivity index (χ0v) is 22.9. The molecule has 2 amide bonds. The molecule has 0 spiro atoms. The molecule has 0 aliphatic heterocycles. The third-order valence-electron chi connectivity index (χ3n) is 7.05. The summed E-state index contributed by atoms with van der Waals surface area (Å²) in [5.41, 5.74) is 4.46. The normalized spacial score (nSPS) is 13.4. The molecule has 200 valence electrons. The summed E-state index contributed by atoms with van der Waals surface area (Å²) in [6.45, 7) is 2.13. The predicted molar refractivity (Wildman–Crippen MR) is 154 cm³/mol. The number of aryl methyl sites for hydroxylation is 1. The summed E-state index contributed by atoms with van der Waals surface area (Å²) in [6.07, 6.45) is 4.13. The lowest BCUT2D eigenvalue weighted by Gasteiger charge is -2.12. The van der Waals surface area contributed by atoms with Crippen molar-refractivity contribution in [1.82, 2.24) is 15.1 Å². The van der Waals surface area contributed by atoms with Gasteiger partial charge in [-0.25, -0.2) is 4.79 Å². The standard InChI is InChI=1S/C30H28Cl2N4O3/c1-18-6-2-5-9-22(18)29(38)34-21-11-12-23(28(37)15-21)26-16-27(20-7-3-4-8-20)36(35-26)30(39)33-17-19-10-13-24(31)25(32)14-19/h2,5-6,9-16,20,37H,3-4,7-8,17H2,1H3,(H,33,39)(H,34,38). The third kappa shape index (κ3) is 5.95. The highest BCUT2D eigenvalue weighted by Crippen LogP contribution is 2.38. The van der Waals surface area contributed by atoms with Crippen molar-refractivity contribution in [3.8, 4) is 17.0 Å². The van der Waals surface area contributed by atoms with E-state index in [1.165, 1.54) is 10.7 Å². The van der Waals surface area contributed by atoms with Crippen LogP contribution in [-0.4, -0.2) is 26.8 Å². The smallest absolute Gasteiger partial charge is 0.342 e. The molecule has 7 nitrogen and oxygen atoms in total. The third-order valence-corrected chi connectivity index (χ3v) is 7.79. The molecule has 0 saturated heterocycles. The van der Waals surface area contributed by atoms with Gasteiger partial charge in [-0.2, -0.15) is 9.78 Å². The molecule has 9 heteroatoms. The van der Waals surface area contributed by atoms with E-state index < -0.39 is 0 Å². The number of phenols is 1. The highest BCUT2D eigenvalue weighted by atomic mass is 35.5. The molecule has 1 aliphatic rings. The number of benzene rings is 3. The highest BCUT2D eigenvalue weighted by Gasteiger charge is 2.26. The summed E-state index contributed by atoms with van der Waals surface area (Å²) < 4.78 is 1.40. The molecular formula is C30H28Cl2N4O3. The molecule has 1 aliphatic carbocycles. The molecule has 1 saturated carbocycles. The van der Waals surface area contributed by atoms with Crippen molar-refractivity contribution in [3.05, 3.63) is 99.2 Å². The number of rotatable bonds is 6. The first-order chi connectivity index (χ1) is 18.8. The van der Waals surface area contributed by atoms with Crippen LogP contribution in [0.4, 0.5) is 10.5 Å². The summed E-state index contributed by atoms with van der Waals surface area (Å²) in [7, 11) is 0. The Hall–Kier alpha value is -3.81. The summed E-state index contributed by atoms with van der Waals surface area (Å²) in [5.74, 6) is -0.0973. The monoisotopic (exact) mass is 562 g/mol. The Kier molecular flexibility index (Phi) is 7.91. The van der Waals surface area contributed by atoms with E-state index in [1.807, 2.05) is 31.2 Å². The Bertz CT molecular complexity index is 1540. The fraction of sp³-hybridized carbons (Fsp3) is 0.233. The summed E-state index contributed by atoms with van der Waals surface area (Å²) >= 11 is 12.1. The van der Waals surface area contributed by atoms with Crippen LogP contribution in [0.5, 0.6) is 5.75 Å². The first-order valence-electron chi connectivity index (χ1n) is 12.8. The lowest BCUT2D eigenvalue weighted by molar-refractivity contribution is 0.102. The SMILES string of the molecule is Cc1ccccc1C(=O)Nc1ccc(-c2cc(C3CCCC3)n(C(=O)NCc3ccc(Cl)c(Cl)c3)n2)c(O)c1. The van der Waals surface area contributed by atoms with Gasteiger partial charge >= 0.3 is 6.03 Å². The van der Waals surface area contributed by atoms with Crippen LogP contribution in [-0.2, 0) is 6.54 Å². The van der Waals surface area contributed by atoms with E-state index in [-0.39, 0.29) is 30.2 Å². The van der Waals surface area contributed by atoms with Crippen molar-refractivity contribution in [3.63, 3.8) is 0 Å². The molecule has 1 fully saturated rings. The lowest BCUT2D eigenvalue weighted by Crippen LogP contribution is -2.30. The van der Waals surface area contributed by atoms with Gasteiger partial charge in [-0.1, -0.05) is 60.3 Å². The Balaban J connectivity index is 1.38. The number of carbonyl (C=O) groups is 2. The van der Waals surface area contributed by atoms with E-state index in [1.54, 1.807) is 36.4 Å². The molecular weight excluding hydrogens is 535 g/mol. The molecule has 0 unspecified atom stereocenters. The molecule has 4 aromatic rings. The summed E-state index contributed by atoms with van der Waals surface area (Å²) in [5, 5.41) is 22.1. The lowest BCUT2D eigenvalue weighted by atomic mass is 10.0. The Morgan fingerprint density at radius 1 is 1.00 bits per heavy atom. The topological polar surface area (TPSA) is 96.3 Å². The van der Waals surface area contributed by atoms with E-state index >= 15 is 0 Å². The predicted octanol–water partition coefficient (Wildman–Crippen LogP) is 7.54. The van der Waals surface area contributed by atoms with E-state index in [0.717, 1.165) is 42.5 Å². The van der Waals surface area contributed by atoms with Gasteiger partial charge in [-0.05, 0) is 67.3 Å². The van der Waals surface area contributed by atoms with E-state index in [0.29, 0.717) is 32.6 Å². The molecule has 0 bridgehead atoms. The molecule has 3 N–H and O–H groups in total. The largest absolute Gasteiger partial charge is 0.507 e. The minimum Gasteiger partial charge on any atom is -0.507 e. The van der Waals surface area contributed by atoms with Crippen LogP contribution in [0.1, 0.15) is 58.8 Å². The van der Waals surface area contributed by atoms with Crippen LogP contribution in [0.2, 0.25) is 10.0 Å². The number of hydrogen-bond acceptors (Lipinski definition) is 4. The zero-order chi connectivity index (χ0) is 27.5. The van der Waals surface area contributed by atoms with Gasteiger partial charge in [0.15, 0.2) is 0 Å². The quantitative estimate of drug-likeness (QED) is 0.226. The maximum Gasteiger partial charge on any atom is 0.342 e. The summed E-state index contributed by atoms with van der Waals surface area (Å²) in [6, 6.07) is 18.9. The van der Waals surface area contributed by atoms with Crippen molar-refractivity contribution in [2.45, 2.75) is 45.1 Å². The highest BCUT2D eigenvalue weighted by molar-refractivity contribution is 6.42. The summed E-state index contributed by atoms with van der Waals surface area (Å²) in [4.78, 5) is 25.9. The Morgan fingerprint density at radius 3 is 2.49 bits per heavy atom. The van der Waals surface area contributed by atoms with Crippen molar-refractivity contribution < 1.29 is 14.7 Å². The number of phenolic OH excluding ortho intramolecular Hbond substituents is 1. The zero-order valence-electron chi connectivity index (χ0n) is 21.4. The fourth-order valence-electron chi connectivity index (χ4n) is 4.96. The van der Waals surface area contributed by atoms with Gasteiger partial charge in [-0.15, -0.1) is 0 Å². The van der Waals surface area contributed by atoms with Crippen LogP contribution >= 0.6 is 23.2 Å². The van der Waals surface area contributed by atoms with Crippen LogP contribution in [0.15, 0.2) is 66.7 Å². The molecule has 0 radical (unpaired) electrons. The maximum atomic E-state index is 13.2. The molecule has 1 aromatic heterocycles.